The number of allylic oxidation sites excluding steroid dienone is 3. The van der Waals surface area contributed by atoms with Crippen molar-refractivity contribution >= 4 is 80.7 Å². The first-order chi connectivity index (χ1) is 27.8. The molecule has 5 heterocycles. The van der Waals surface area contributed by atoms with Crippen LogP contribution in [-0.2, 0) is 32.6 Å². The number of thiophene rings is 1. The Morgan fingerprint density at radius 3 is 2.57 bits per heavy atom. The topological polar surface area (TPSA) is 162 Å². The van der Waals surface area contributed by atoms with Crippen LogP contribution >= 0.6 is 22.9 Å². The number of ether oxygens (including phenoxy) is 1. The quantitative estimate of drug-likeness (QED) is 0.119. The number of anilines is 2. The molecule has 0 spiro atoms. The van der Waals surface area contributed by atoms with Crippen LogP contribution in [0.1, 0.15) is 30.9 Å². The van der Waals surface area contributed by atoms with Crippen LogP contribution in [-0.4, -0.2) is 55.7 Å². The number of aromatic nitrogens is 2. The molecule has 2 aliphatic carbocycles. The first-order valence-electron chi connectivity index (χ1n) is 19.1. The number of hydrogen-bond acceptors (Lipinski definition) is 10. The second-order valence-electron chi connectivity index (χ2n) is 16.1. The Morgan fingerprint density at radius 1 is 0.966 bits per heavy atom. The fourth-order valence-electron chi connectivity index (χ4n) is 10.4. The Bertz CT molecular complexity index is 2740. The summed E-state index contributed by atoms with van der Waals surface area (Å²) in [6.45, 7) is 3.82. The molecular weight excluding hydrogens is 779 g/mol. The zero-order chi connectivity index (χ0) is 40.5. The van der Waals surface area contributed by atoms with Crippen LogP contribution in [0.2, 0.25) is 5.02 Å². The summed E-state index contributed by atoms with van der Waals surface area (Å²) in [5, 5.41) is 36.5. The molecule has 12 nitrogen and oxygen atoms in total. The second-order valence-corrected chi connectivity index (χ2v) is 17.6. The van der Waals surface area contributed by atoms with Gasteiger partial charge in [-0.15, -0.1) is 11.3 Å². The molecule has 5 aromatic rings. The number of phenolic OH excluding ortho intramolecular Hbond substituents is 1. The van der Waals surface area contributed by atoms with Gasteiger partial charge in [-0.05, 0) is 103 Å². The maximum absolute atomic E-state index is 15.3. The number of amides is 4. The summed E-state index contributed by atoms with van der Waals surface area (Å²) in [7, 11) is -0.0907. The average molecular weight is 815 g/mol. The standard InChI is InChI=1S/C43H36BClN4O8S/c1-20-29-16-24(45)7-12-34(29)58-38(20)32-18-35(47(3)46-32)49-40(52)31-17-30-27(37(43(31,2)42(49)54)22-13-21-14-26(50)8-11-33(21)57-19-22)9-10-28-36(30)41(53)48(39(28)51)25-6-4-5-23(15-25)44(55)56/h4-9,11-12,14-16,18-19,28,30-31,36-37,50,55-56H,10,13,17H2,1-3H3/t28-,30+,31-,36-,37-,43+/m0/s1. The first kappa shape index (κ1) is 36.8. The van der Waals surface area contributed by atoms with Crippen LogP contribution in [0.25, 0.3) is 20.7 Å². The summed E-state index contributed by atoms with van der Waals surface area (Å²) in [4.78, 5) is 62.2. The summed E-state index contributed by atoms with van der Waals surface area (Å²) >= 11 is 7.88. The molecule has 0 unspecified atom stereocenters. The van der Waals surface area contributed by atoms with Gasteiger partial charge >= 0.3 is 7.12 Å². The normalized spacial score (nSPS) is 26.3. The van der Waals surface area contributed by atoms with E-state index in [0.29, 0.717) is 39.8 Å². The van der Waals surface area contributed by atoms with E-state index in [2.05, 4.69) is 0 Å². The number of nitrogens with zero attached hydrogens (tertiary/aromatic N) is 4. The van der Waals surface area contributed by atoms with Gasteiger partial charge in [0.2, 0.25) is 23.6 Å². The zero-order valence-corrected chi connectivity index (χ0v) is 33.1. The van der Waals surface area contributed by atoms with E-state index in [0.717, 1.165) is 31.0 Å². The van der Waals surface area contributed by atoms with E-state index in [9.17, 15) is 24.7 Å². The van der Waals surface area contributed by atoms with E-state index in [1.54, 1.807) is 59.7 Å². The van der Waals surface area contributed by atoms with Gasteiger partial charge in [0.15, 0.2) is 0 Å². The molecule has 3 aliphatic heterocycles. The minimum Gasteiger partial charge on any atom is -0.508 e. The molecule has 4 amide bonds. The third-order valence-corrected chi connectivity index (χ3v) is 14.6. The van der Waals surface area contributed by atoms with Crippen molar-refractivity contribution in [2.45, 2.75) is 33.1 Å². The minimum absolute atomic E-state index is 0.0594. The molecule has 2 saturated heterocycles. The van der Waals surface area contributed by atoms with Gasteiger partial charge in [0, 0.05) is 40.7 Å². The van der Waals surface area contributed by atoms with E-state index in [1.807, 2.05) is 38.1 Å². The largest absolute Gasteiger partial charge is 0.508 e. The van der Waals surface area contributed by atoms with Crippen molar-refractivity contribution < 1.29 is 39.1 Å². The zero-order valence-electron chi connectivity index (χ0n) is 31.5. The first-order valence-corrected chi connectivity index (χ1v) is 20.3. The maximum atomic E-state index is 15.3. The summed E-state index contributed by atoms with van der Waals surface area (Å²) in [5.41, 5.74) is 2.87. The number of phenols is 1. The van der Waals surface area contributed by atoms with Gasteiger partial charge in [0.1, 0.15) is 23.0 Å². The molecule has 15 heteroatoms. The number of aromatic hydroxyl groups is 1. The molecule has 10 rings (SSSR count). The van der Waals surface area contributed by atoms with Crippen molar-refractivity contribution in [2.24, 2.45) is 42.1 Å². The third kappa shape index (κ3) is 5.18. The number of hydrogen-bond donors (Lipinski definition) is 3. The molecule has 292 valence electrons. The van der Waals surface area contributed by atoms with E-state index >= 15 is 9.59 Å². The van der Waals surface area contributed by atoms with Crippen LogP contribution in [0.5, 0.6) is 11.5 Å². The van der Waals surface area contributed by atoms with Crippen molar-refractivity contribution in [1.82, 2.24) is 9.78 Å². The van der Waals surface area contributed by atoms with Crippen LogP contribution < -0.4 is 20.0 Å². The van der Waals surface area contributed by atoms with E-state index in [-0.39, 0.29) is 29.7 Å². The molecule has 1 saturated carbocycles. The highest BCUT2D eigenvalue weighted by atomic mass is 35.5. The molecular formula is C43H36BClN4O8S. The van der Waals surface area contributed by atoms with Crippen molar-refractivity contribution in [1.29, 1.82) is 0 Å². The Morgan fingerprint density at radius 2 is 1.78 bits per heavy atom. The number of imide groups is 2. The lowest BCUT2D eigenvalue weighted by Gasteiger charge is -2.49. The Balaban J connectivity index is 1.07. The van der Waals surface area contributed by atoms with Gasteiger partial charge < -0.3 is 19.9 Å². The summed E-state index contributed by atoms with van der Waals surface area (Å²) in [6, 6.07) is 18.4. The van der Waals surface area contributed by atoms with Crippen molar-refractivity contribution in [2.75, 3.05) is 9.80 Å². The summed E-state index contributed by atoms with van der Waals surface area (Å²) < 4.78 is 8.72. The predicted octanol–water partition coefficient (Wildman–Crippen LogP) is 5.44. The lowest BCUT2D eigenvalue weighted by molar-refractivity contribution is -0.132. The summed E-state index contributed by atoms with van der Waals surface area (Å²) in [5.74, 6) is -4.41. The fraction of sp³-hybridized carbons (Fsp3) is 0.279. The average Bonchev–Trinajstić information content (AvgIpc) is 3.87. The molecule has 58 heavy (non-hydrogen) atoms. The van der Waals surface area contributed by atoms with Gasteiger partial charge in [-0.25, -0.2) is 4.90 Å². The minimum atomic E-state index is -1.80. The van der Waals surface area contributed by atoms with Gasteiger partial charge in [0.05, 0.1) is 40.0 Å². The number of rotatable bonds is 5. The molecule has 0 radical (unpaired) electrons. The maximum Gasteiger partial charge on any atom is 0.488 e. The molecule has 3 aromatic carbocycles. The third-order valence-electron chi connectivity index (χ3n) is 13.1. The van der Waals surface area contributed by atoms with E-state index < -0.39 is 65.8 Å². The Hall–Kier alpha value is -5.54. The SMILES string of the molecule is Cc1c(-c2cc(N3C(=O)[C@@H]4C[C@@H]5C(=CC[C@@H]6C(=O)N(c7cccc(B(O)O)c7)C(=O)[C@@H]65)[C@H](C5=COc6ccc(O)cc6C5)[C@]4(C)C3=O)n(C)n2)sc2ccc(Cl)cc12. The van der Waals surface area contributed by atoms with Gasteiger partial charge in [0.25, 0.3) is 0 Å². The van der Waals surface area contributed by atoms with Crippen molar-refractivity contribution in [3.63, 3.8) is 0 Å². The smallest absolute Gasteiger partial charge is 0.488 e. The van der Waals surface area contributed by atoms with Crippen molar-refractivity contribution in [3.05, 3.63) is 106 Å². The fourth-order valence-corrected chi connectivity index (χ4v) is 11.7. The van der Waals surface area contributed by atoms with Gasteiger partial charge in [-0.1, -0.05) is 35.4 Å². The highest BCUT2D eigenvalue weighted by molar-refractivity contribution is 7.22. The number of halogens is 1. The van der Waals surface area contributed by atoms with Crippen LogP contribution in [0, 0.1) is 41.9 Å². The lowest BCUT2D eigenvalue weighted by Crippen LogP contribution is -2.51. The molecule has 5 aliphatic rings. The van der Waals surface area contributed by atoms with Gasteiger partial charge in [-0.2, -0.15) is 5.10 Å². The second kappa shape index (κ2) is 13.0. The Labute approximate surface area is 341 Å². The Kier molecular flexibility index (Phi) is 8.24. The highest BCUT2D eigenvalue weighted by Crippen LogP contribution is 2.63. The van der Waals surface area contributed by atoms with Gasteiger partial charge in [-0.3, -0.25) is 28.8 Å². The highest BCUT2D eigenvalue weighted by Gasteiger charge is 2.68. The number of benzene rings is 3. The number of carbonyl (C=O) groups is 4. The summed E-state index contributed by atoms with van der Waals surface area (Å²) in [6.07, 6.45) is 4.30. The van der Waals surface area contributed by atoms with E-state index in [4.69, 9.17) is 21.4 Å². The lowest BCUT2D eigenvalue weighted by atomic mass is 9.51. The number of aryl methyl sites for hydroxylation is 2. The van der Waals surface area contributed by atoms with Crippen molar-refractivity contribution in [3.8, 4) is 22.1 Å². The predicted molar refractivity (Wildman–Crippen MR) is 218 cm³/mol. The number of fused-ring (bicyclic) bond motifs is 6. The van der Waals surface area contributed by atoms with Crippen LogP contribution in [0.4, 0.5) is 11.5 Å². The monoisotopic (exact) mass is 814 g/mol. The molecule has 2 aromatic heterocycles. The van der Waals surface area contributed by atoms with E-state index in [1.165, 1.54) is 23.1 Å². The number of carbonyl (C=O) groups excluding carboxylic acids is 4. The molecule has 3 fully saturated rings. The van der Waals surface area contributed by atoms with Crippen LogP contribution in [0.15, 0.2) is 90.2 Å². The molecule has 6 atom stereocenters. The molecule has 3 N–H and O–H groups in total. The molecule has 0 bridgehead atoms. The van der Waals surface area contributed by atoms with Crippen LogP contribution in [0.3, 0.4) is 0 Å².